The minimum Gasteiger partial charge on any atom is -0.483 e. The maximum absolute atomic E-state index is 12.3. The second-order valence-corrected chi connectivity index (χ2v) is 7.14. The zero-order chi connectivity index (χ0) is 18.8. The molecule has 0 saturated heterocycles. The molecule has 0 atom stereocenters. The van der Waals surface area contributed by atoms with E-state index in [2.05, 4.69) is 9.72 Å². The van der Waals surface area contributed by atoms with Gasteiger partial charge in [0.15, 0.2) is 6.61 Å². The van der Waals surface area contributed by atoms with Crippen molar-refractivity contribution in [3.05, 3.63) is 50.9 Å². The number of H-pyrrole nitrogens is 1. The predicted molar refractivity (Wildman–Crippen MR) is 85.9 cm³/mol. The van der Waals surface area contributed by atoms with Crippen molar-refractivity contribution < 1.29 is 26.3 Å². The van der Waals surface area contributed by atoms with E-state index in [-0.39, 0.29) is 26.4 Å². The summed E-state index contributed by atoms with van der Waals surface area (Å²) in [7, 11) is -4.23. The van der Waals surface area contributed by atoms with E-state index in [1.165, 1.54) is 6.20 Å². The van der Waals surface area contributed by atoms with Gasteiger partial charge in [-0.3, -0.25) is 9.52 Å². The molecule has 0 amide bonds. The topological polar surface area (TPSA) is 88.3 Å². The Morgan fingerprint density at radius 1 is 1.16 bits per heavy atom. The van der Waals surface area contributed by atoms with Crippen LogP contribution in [-0.2, 0) is 10.0 Å². The minimum absolute atomic E-state index is 0.228. The zero-order valence-electron chi connectivity index (χ0n) is 12.0. The quantitative estimate of drug-likeness (QED) is 0.781. The molecule has 0 bridgehead atoms. The molecule has 136 valence electrons. The predicted octanol–water partition coefficient (Wildman–Crippen LogP) is 3.42. The first-order valence-electron chi connectivity index (χ1n) is 6.38. The van der Waals surface area contributed by atoms with Gasteiger partial charge in [0, 0.05) is 12.4 Å². The lowest BCUT2D eigenvalue weighted by atomic mass is 10.3. The smallest absolute Gasteiger partial charge is 0.422 e. The molecule has 2 aromatic rings. The first kappa shape index (κ1) is 19.4. The van der Waals surface area contributed by atoms with E-state index >= 15 is 0 Å². The summed E-state index contributed by atoms with van der Waals surface area (Å²) in [5.74, 6) is -0.335. The molecule has 1 aromatic heterocycles. The number of sulfonamides is 1. The van der Waals surface area contributed by atoms with Crippen LogP contribution in [0.2, 0.25) is 10.0 Å². The van der Waals surface area contributed by atoms with E-state index in [1.54, 1.807) is 0 Å². The number of halogens is 5. The zero-order valence-corrected chi connectivity index (χ0v) is 14.4. The summed E-state index contributed by atoms with van der Waals surface area (Å²) in [6.45, 7) is -1.57. The summed E-state index contributed by atoms with van der Waals surface area (Å²) in [4.78, 5) is 13.9. The number of pyridine rings is 1. The third-order valence-corrected chi connectivity index (χ3v) is 4.69. The van der Waals surface area contributed by atoms with Crippen LogP contribution >= 0.6 is 23.2 Å². The van der Waals surface area contributed by atoms with E-state index < -0.39 is 28.2 Å². The Kier molecular flexibility index (Phi) is 5.55. The lowest BCUT2D eigenvalue weighted by molar-refractivity contribution is -0.153. The fourth-order valence-corrected chi connectivity index (χ4v) is 3.21. The van der Waals surface area contributed by atoms with E-state index in [0.717, 1.165) is 24.4 Å². The number of aromatic amines is 1. The second-order valence-electron chi connectivity index (χ2n) is 4.65. The molecule has 0 saturated carbocycles. The van der Waals surface area contributed by atoms with Gasteiger partial charge in [-0.25, -0.2) is 8.42 Å². The molecule has 0 aliphatic heterocycles. The number of nitrogens with one attached hydrogen (secondary N) is 2. The average molecular weight is 417 g/mol. The van der Waals surface area contributed by atoms with Crippen LogP contribution in [0.25, 0.3) is 0 Å². The number of hydrogen-bond donors (Lipinski definition) is 2. The van der Waals surface area contributed by atoms with Crippen LogP contribution in [-0.4, -0.2) is 26.2 Å². The molecular formula is C13H9Cl2F3N2O4S. The van der Waals surface area contributed by atoms with E-state index in [1.807, 2.05) is 4.72 Å². The summed E-state index contributed by atoms with van der Waals surface area (Å²) in [5.41, 5.74) is -1.08. The number of ether oxygens (including phenoxy) is 1. The van der Waals surface area contributed by atoms with Crippen LogP contribution in [0.3, 0.4) is 0 Å². The molecule has 25 heavy (non-hydrogen) atoms. The van der Waals surface area contributed by atoms with Gasteiger partial charge in [0.2, 0.25) is 5.43 Å². The lowest BCUT2D eigenvalue weighted by Crippen LogP contribution is -2.20. The van der Waals surface area contributed by atoms with Crippen LogP contribution in [0.1, 0.15) is 0 Å². The molecule has 12 heteroatoms. The van der Waals surface area contributed by atoms with Crippen molar-refractivity contribution in [2.75, 3.05) is 11.3 Å². The number of hydrogen-bond acceptors (Lipinski definition) is 4. The van der Waals surface area contributed by atoms with Gasteiger partial charge in [-0.2, -0.15) is 13.2 Å². The van der Waals surface area contributed by atoms with Gasteiger partial charge < -0.3 is 9.72 Å². The minimum atomic E-state index is -4.57. The highest BCUT2D eigenvalue weighted by Crippen LogP contribution is 2.29. The molecular weight excluding hydrogens is 408 g/mol. The Morgan fingerprint density at radius 2 is 1.84 bits per heavy atom. The third kappa shape index (κ3) is 5.03. The lowest BCUT2D eigenvalue weighted by Gasteiger charge is -2.12. The normalized spacial score (nSPS) is 12.0. The number of alkyl halides is 3. The molecule has 0 radical (unpaired) electrons. The number of benzene rings is 1. The van der Waals surface area contributed by atoms with E-state index in [9.17, 15) is 26.4 Å². The third-order valence-electron chi connectivity index (χ3n) is 2.75. The Bertz CT molecular complexity index is 945. The second kappa shape index (κ2) is 7.14. The van der Waals surface area contributed by atoms with Gasteiger partial charge in [-0.1, -0.05) is 23.2 Å². The summed E-state index contributed by atoms with van der Waals surface area (Å²) in [6.07, 6.45) is -2.30. The monoisotopic (exact) mass is 416 g/mol. The fourth-order valence-electron chi connectivity index (χ4n) is 1.66. The Hall–Kier alpha value is -1.91. The van der Waals surface area contributed by atoms with Gasteiger partial charge in [-0.15, -0.1) is 0 Å². The Labute approximate surface area is 149 Å². The highest BCUT2D eigenvalue weighted by molar-refractivity contribution is 7.92. The summed E-state index contributed by atoms with van der Waals surface area (Å²) >= 11 is 11.3. The van der Waals surface area contributed by atoms with Crippen LogP contribution < -0.4 is 14.9 Å². The molecule has 1 heterocycles. The maximum atomic E-state index is 12.3. The van der Waals surface area contributed by atoms with E-state index in [4.69, 9.17) is 23.2 Å². The molecule has 6 nitrogen and oxygen atoms in total. The highest BCUT2D eigenvalue weighted by Gasteiger charge is 2.29. The largest absolute Gasteiger partial charge is 0.483 e. The summed E-state index contributed by atoms with van der Waals surface area (Å²) in [6, 6.07) is 2.86. The van der Waals surface area contributed by atoms with Crippen LogP contribution in [0.5, 0.6) is 5.75 Å². The number of aromatic nitrogens is 1. The van der Waals surface area contributed by atoms with Crippen molar-refractivity contribution in [3.63, 3.8) is 0 Å². The van der Waals surface area contributed by atoms with Crippen molar-refractivity contribution in [2.24, 2.45) is 0 Å². The standard InChI is InChI=1S/C13H9Cl2F3N2O4S/c14-8-3-7(1-2-11(8)24-6-13(16,17)18)25(22,23)20-10-5-19-4-9(15)12(10)21/h1-5,20H,6H2,(H,19,21). The van der Waals surface area contributed by atoms with Crippen molar-refractivity contribution in [1.29, 1.82) is 0 Å². The first-order chi connectivity index (χ1) is 11.5. The van der Waals surface area contributed by atoms with Gasteiger partial charge in [0.1, 0.15) is 16.5 Å². The molecule has 0 aliphatic rings. The van der Waals surface area contributed by atoms with Crippen LogP contribution in [0, 0.1) is 0 Å². The molecule has 2 N–H and O–H groups in total. The maximum Gasteiger partial charge on any atom is 0.422 e. The molecule has 0 fully saturated rings. The van der Waals surface area contributed by atoms with Crippen molar-refractivity contribution >= 4 is 38.9 Å². The molecule has 0 spiro atoms. The summed E-state index contributed by atoms with van der Waals surface area (Å²) < 4.78 is 67.4. The molecule has 2 rings (SSSR count). The van der Waals surface area contributed by atoms with Crippen molar-refractivity contribution in [3.8, 4) is 5.75 Å². The van der Waals surface area contributed by atoms with Gasteiger partial charge in [-0.05, 0) is 18.2 Å². The van der Waals surface area contributed by atoms with Gasteiger partial charge in [0.05, 0.1) is 9.92 Å². The van der Waals surface area contributed by atoms with Gasteiger partial charge >= 0.3 is 6.18 Å². The fraction of sp³-hybridized carbons (Fsp3) is 0.154. The molecule has 0 aliphatic carbocycles. The number of rotatable bonds is 5. The Balaban J connectivity index is 2.27. The van der Waals surface area contributed by atoms with E-state index in [0.29, 0.717) is 0 Å². The Morgan fingerprint density at radius 3 is 2.44 bits per heavy atom. The van der Waals surface area contributed by atoms with Crippen molar-refractivity contribution in [2.45, 2.75) is 11.1 Å². The van der Waals surface area contributed by atoms with Crippen LogP contribution in [0.4, 0.5) is 18.9 Å². The van der Waals surface area contributed by atoms with Gasteiger partial charge in [0.25, 0.3) is 10.0 Å². The average Bonchev–Trinajstić information content (AvgIpc) is 2.49. The van der Waals surface area contributed by atoms with Crippen molar-refractivity contribution in [1.82, 2.24) is 4.98 Å². The SMILES string of the molecule is O=c1c(Cl)c[nH]cc1NS(=O)(=O)c1ccc(OCC(F)(F)F)c(Cl)c1. The molecule has 1 aromatic carbocycles. The first-order valence-corrected chi connectivity index (χ1v) is 8.62. The molecule has 0 unspecified atom stereocenters. The summed E-state index contributed by atoms with van der Waals surface area (Å²) in [5, 5.41) is -0.568. The van der Waals surface area contributed by atoms with Crippen LogP contribution in [0.15, 0.2) is 40.3 Å². The number of anilines is 1. The highest BCUT2D eigenvalue weighted by atomic mass is 35.5.